The molecule has 5 rings (SSSR count). The van der Waals surface area contributed by atoms with E-state index in [1.807, 2.05) is 64.4 Å². The van der Waals surface area contributed by atoms with E-state index in [2.05, 4.69) is 10.6 Å². The van der Waals surface area contributed by atoms with Crippen LogP contribution in [0.4, 0.5) is 0 Å². The van der Waals surface area contributed by atoms with Crippen LogP contribution in [-0.4, -0.2) is 83.2 Å². The van der Waals surface area contributed by atoms with E-state index < -0.39 is 0 Å². The van der Waals surface area contributed by atoms with Crippen molar-refractivity contribution in [2.24, 2.45) is 5.92 Å². The number of carbonyl (C=O) groups is 2. The van der Waals surface area contributed by atoms with Crippen LogP contribution in [0.3, 0.4) is 0 Å². The van der Waals surface area contributed by atoms with Gasteiger partial charge in [0.2, 0.25) is 11.8 Å². The lowest BCUT2D eigenvalue weighted by atomic mass is 9.85. The standard InChI is InChI=1S/C33H44N4O4S2/c38-31(36-17-19-40-20-18-36)22-37-24-43-23-30(37)32(39)35-29(16-13-25-7-3-1-4-8-25)33(42)34-21-26-11-14-28(15-12-26)41-27-9-5-2-6-10-27/h2,5-6,9-12,14-15,25,29-30H,1,3-4,7-8,13,16-24H2,(H,34,42)(H,35,39)/t29-,30+/m1/s1. The van der Waals surface area contributed by atoms with Crippen LogP contribution < -0.4 is 15.4 Å². The molecule has 43 heavy (non-hydrogen) atoms. The predicted molar refractivity (Wildman–Crippen MR) is 175 cm³/mol. The number of nitrogens with one attached hydrogen (secondary N) is 2. The number of morpholine rings is 1. The molecular formula is C33H44N4O4S2. The largest absolute Gasteiger partial charge is 0.457 e. The lowest BCUT2D eigenvalue weighted by Crippen LogP contribution is -2.54. The Kier molecular flexibility index (Phi) is 12.1. The molecular weight excluding hydrogens is 581 g/mol. The molecule has 8 nitrogen and oxygen atoms in total. The van der Waals surface area contributed by atoms with Gasteiger partial charge in [0, 0.05) is 31.3 Å². The van der Waals surface area contributed by atoms with Crippen molar-refractivity contribution in [2.45, 2.75) is 63.6 Å². The highest BCUT2D eigenvalue weighted by Gasteiger charge is 2.35. The van der Waals surface area contributed by atoms with Gasteiger partial charge in [0.25, 0.3) is 0 Å². The van der Waals surface area contributed by atoms with Crippen LogP contribution in [0.25, 0.3) is 0 Å². The van der Waals surface area contributed by atoms with E-state index in [0.29, 0.717) is 55.4 Å². The van der Waals surface area contributed by atoms with Crippen molar-refractivity contribution in [1.29, 1.82) is 0 Å². The Hall–Kier alpha value is -2.66. The first-order valence-corrected chi connectivity index (χ1v) is 17.2. The van der Waals surface area contributed by atoms with Gasteiger partial charge in [-0.3, -0.25) is 14.5 Å². The van der Waals surface area contributed by atoms with Gasteiger partial charge in [-0.15, -0.1) is 11.8 Å². The van der Waals surface area contributed by atoms with Crippen molar-refractivity contribution in [3.05, 3.63) is 60.2 Å². The summed E-state index contributed by atoms with van der Waals surface area (Å²) in [6.45, 7) is 3.20. The zero-order chi connectivity index (χ0) is 29.9. The molecule has 232 valence electrons. The number of carbonyl (C=O) groups excluding carboxylic acids is 2. The van der Waals surface area contributed by atoms with Gasteiger partial charge >= 0.3 is 0 Å². The fourth-order valence-electron chi connectivity index (χ4n) is 5.99. The molecule has 0 unspecified atom stereocenters. The third-order valence-electron chi connectivity index (χ3n) is 8.57. The smallest absolute Gasteiger partial charge is 0.238 e. The molecule has 2 N–H and O–H groups in total. The molecule has 2 aromatic carbocycles. The summed E-state index contributed by atoms with van der Waals surface area (Å²) in [5.41, 5.74) is 1.08. The summed E-state index contributed by atoms with van der Waals surface area (Å²) in [6, 6.07) is 17.1. The maximum absolute atomic E-state index is 13.6. The minimum atomic E-state index is -0.341. The van der Waals surface area contributed by atoms with Crippen LogP contribution in [0.1, 0.15) is 50.5 Å². The Balaban J connectivity index is 1.17. The SMILES string of the molecule is O=C(N[C@H](CCC1CCCCC1)C(=S)NCc1ccc(Oc2ccccc2)cc1)[C@@H]1CSCN1CC(=O)N1CCOCC1. The number of rotatable bonds is 12. The van der Waals surface area contributed by atoms with Gasteiger partial charge in [-0.25, -0.2) is 0 Å². The normalized spacial score (nSPS) is 20.4. The number of amides is 2. The number of hydrogen-bond donors (Lipinski definition) is 2. The first kappa shape index (κ1) is 31.8. The van der Waals surface area contributed by atoms with Crippen LogP contribution in [0, 0.1) is 5.92 Å². The quantitative estimate of drug-likeness (QED) is 0.321. The first-order valence-electron chi connectivity index (χ1n) is 15.6. The lowest BCUT2D eigenvalue weighted by Gasteiger charge is -2.31. The molecule has 0 radical (unpaired) electrons. The zero-order valence-corrected chi connectivity index (χ0v) is 26.5. The highest BCUT2D eigenvalue weighted by Crippen LogP contribution is 2.28. The molecule has 1 saturated carbocycles. The van der Waals surface area contributed by atoms with E-state index in [1.165, 1.54) is 32.1 Å². The van der Waals surface area contributed by atoms with Crippen LogP contribution in [0.5, 0.6) is 11.5 Å². The molecule has 1 aliphatic carbocycles. The van der Waals surface area contributed by atoms with Gasteiger partial charge in [0.1, 0.15) is 11.5 Å². The molecule has 0 spiro atoms. The second-order valence-electron chi connectivity index (χ2n) is 11.7. The number of benzene rings is 2. The monoisotopic (exact) mass is 624 g/mol. The van der Waals surface area contributed by atoms with Crippen molar-refractivity contribution in [3.8, 4) is 11.5 Å². The summed E-state index contributed by atoms with van der Waals surface area (Å²) in [5, 5.41) is 6.71. The van der Waals surface area contributed by atoms with Gasteiger partial charge in [-0.1, -0.05) is 74.7 Å². The topological polar surface area (TPSA) is 83.1 Å². The summed E-state index contributed by atoms with van der Waals surface area (Å²) in [5.74, 6) is 3.65. The number of para-hydroxylation sites is 1. The second kappa shape index (κ2) is 16.4. The number of thiocarbonyl (C=S) groups is 1. The van der Waals surface area contributed by atoms with Crippen LogP contribution in [-0.2, 0) is 20.9 Å². The Morgan fingerprint density at radius 3 is 2.47 bits per heavy atom. The fraction of sp³-hybridized carbons (Fsp3) is 0.545. The Labute approximate surface area is 265 Å². The molecule has 2 aromatic rings. The summed E-state index contributed by atoms with van der Waals surface area (Å²) in [4.78, 5) is 31.0. The van der Waals surface area contributed by atoms with Crippen molar-refractivity contribution in [1.82, 2.24) is 20.4 Å². The third-order valence-corrected chi connectivity index (χ3v) is 10.1. The molecule has 0 bridgehead atoms. The number of ether oxygens (including phenoxy) is 2. The summed E-state index contributed by atoms with van der Waals surface area (Å²) < 4.78 is 11.3. The fourth-order valence-corrected chi connectivity index (χ4v) is 7.43. The Bertz CT molecular complexity index is 1190. The van der Waals surface area contributed by atoms with E-state index >= 15 is 0 Å². The van der Waals surface area contributed by atoms with E-state index in [1.54, 1.807) is 11.8 Å². The summed E-state index contributed by atoms with van der Waals surface area (Å²) in [7, 11) is 0. The van der Waals surface area contributed by atoms with E-state index in [-0.39, 0.29) is 30.4 Å². The van der Waals surface area contributed by atoms with Crippen LogP contribution >= 0.6 is 24.0 Å². The minimum Gasteiger partial charge on any atom is -0.457 e. The van der Waals surface area contributed by atoms with E-state index in [4.69, 9.17) is 21.7 Å². The maximum atomic E-state index is 13.6. The van der Waals surface area contributed by atoms with Gasteiger partial charge in [-0.05, 0) is 48.6 Å². The van der Waals surface area contributed by atoms with Crippen molar-refractivity contribution >= 4 is 40.8 Å². The molecule has 3 fully saturated rings. The molecule has 3 aliphatic rings. The van der Waals surface area contributed by atoms with Gasteiger partial charge in [0.05, 0.1) is 36.8 Å². The molecule has 2 atom stereocenters. The minimum absolute atomic E-state index is 0.0417. The number of hydrogen-bond acceptors (Lipinski definition) is 7. The summed E-state index contributed by atoms with van der Waals surface area (Å²) in [6.07, 6.45) is 8.29. The maximum Gasteiger partial charge on any atom is 0.238 e. The van der Waals surface area contributed by atoms with Crippen molar-refractivity contribution in [2.75, 3.05) is 44.5 Å². The Morgan fingerprint density at radius 1 is 1.00 bits per heavy atom. The second-order valence-corrected chi connectivity index (χ2v) is 13.1. The van der Waals surface area contributed by atoms with Gasteiger partial charge in [0.15, 0.2) is 0 Å². The van der Waals surface area contributed by atoms with Crippen molar-refractivity contribution < 1.29 is 19.1 Å². The first-order chi connectivity index (χ1) is 21.0. The molecule has 2 amide bonds. The highest BCUT2D eigenvalue weighted by atomic mass is 32.2. The van der Waals surface area contributed by atoms with Crippen LogP contribution in [0.2, 0.25) is 0 Å². The van der Waals surface area contributed by atoms with E-state index in [0.717, 1.165) is 29.9 Å². The average Bonchev–Trinajstić information content (AvgIpc) is 3.52. The number of nitrogens with zero attached hydrogens (tertiary/aromatic N) is 2. The number of thioether (sulfide) groups is 1. The van der Waals surface area contributed by atoms with Crippen molar-refractivity contribution in [3.63, 3.8) is 0 Å². The molecule has 2 heterocycles. The van der Waals surface area contributed by atoms with E-state index in [9.17, 15) is 9.59 Å². The van der Waals surface area contributed by atoms with Gasteiger partial charge in [-0.2, -0.15) is 0 Å². The molecule has 2 saturated heterocycles. The Morgan fingerprint density at radius 2 is 1.72 bits per heavy atom. The zero-order valence-electron chi connectivity index (χ0n) is 24.9. The molecule has 0 aromatic heterocycles. The average molecular weight is 625 g/mol. The van der Waals surface area contributed by atoms with Gasteiger partial charge < -0.3 is 25.0 Å². The van der Waals surface area contributed by atoms with Crippen LogP contribution in [0.15, 0.2) is 54.6 Å². The third kappa shape index (κ3) is 9.66. The molecule has 2 aliphatic heterocycles. The highest BCUT2D eigenvalue weighted by molar-refractivity contribution is 7.99. The molecule has 10 heteroatoms. The summed E-state index contributed by atoms with van der Waals surface area (Å²) >= 11 is 7.59. The predicted octanol–water partition coefficient (Wildman–Crippen LogP) is 4.97. The lowest BCUT2D eigenvalue weighted by molar-refractivity contribution is -0.137.